The van der Waals surface area contributed by atoms with Gasteiger partial charge in [0.2, 0.25) is 0 Å². The molecule has 0 radical (unpaired) electrons. The molecule has 16 heavy (non-hydrogen) atoms. The maximum absolute atomic E-state index is 12.1. The van der Waals surface area contributed by atoms with Crippen LogP contribution in [0.2, 0.25) is 0 Å². The largest absolute Gasteiger partial charge is 0.395 e. The molecule has 0 atom stereocenters. The topological polar surface area (TPSA) is 53.4 Å². The smallest absolute Gasteiger partial charge is 0.272 e. The summed E-state index contributed by atoms with van der Waals surface area (Å²) in [6.45, 7) is 0.389. The predicted molar refractivity (Wildman–Crippen MR) is 63.1 cm³/mol. The molecule has 5 heteroatoms. The van der Waals surface area contributed by atoms with Crippen molar-refractivity contribution in [2.75, 3.05) is 13.2 Å². The van der Waals surface area contributed by atoms with Gasteiger partial charge in [0.05, 0.1) is 6.61 Å². The molecule has 4 nitrogen and oxygen atoms in total. The number of hydrogen-bond acceptors (Lipinski definition) is 3. The SMILES string of the molecule is O=C(c1ccc(Br)cn1)N(CCO)C1CC1. The summed E-state index contributed by atoms with van der Waals surface area (Å²) in [5, 5.41) is 8.93. The van der Waals surface area contributed by atoms with Crippen LogP contribution >= 0.6 is 15.9 Å². The van der Waals surface area contributed by atoms with Crippen molar-refractivity contribution in [2.45, 2.75) is 18.9 Å². The Bertz CT molecular complexity index is 376. The summed E-state index contributed by atoms with van der Waals surface area (Å²) in [5.74, 6) is -0.0935. The third-order valence-electron chi connectivity index (χ3n) is 2.54. The van der Waals surface area contributed by atoms with Gasteiger partial charge in [-0.25, -0.2) is 4.98 Å². The molecule has 0 aliphatic heterocycles. The fraction of sp³-hybridized carbons (Fsp3) is 0.455. The molecule has 2 rings (SSSR count). The molecular formula is C11H13BrN2O2. The minimum Gasteiger partial charge on any atom is -0.395 e. The molecule has 0 bridgehead atoms. The zero-order chi connectivity index (χ0) is 11.5. The van der Waals surface area contributed by atoms with Gasteiger partial charge in [-0.2, -0.15) is 0 Å². The van der Waals surface area contributed by atoms with Crippen LogP contribution in [0.25, 0.3) is 0 Å². The summed E-state index contributed by atoms with van der Waals surface area (Å²) >= 11 is 3.28. The van der Waals surface area contributed by atoms with Crippen molar-refractivity contribution in [3.05, 3.63) is 28.5 Å². The van der Waals surface area contributed by atoms with Crippen LogP contribution in [0.15, 0.2) is 22.8 Å². The Morgan fingerprint density at radius 2 is 2.31 bits per heavy atom. The molecule has 1 N–H and O–H groups in total. The number of aliphatic hydroxyl groups is 1. The minimum absolute atomic E-state index is 0.00122. The average molecular weight is 285 g/mol. The molecule has 1 amide bonds. The van der Waals surface area contributed by atoms with Crippen molar-refractivity contribution in [2.24, 2.45) is 0 Å². The standard InChI is InChI=1S/C11H13BrN2O2/c12-8-1-4-10(13-7-8)11(16)14(5-6-15)9-2-3-9/h1,4,7,9,15H,2-3,5-6H2. The summed E-state index contributed by atoms with van der Waals surface area (Å²) in [6.07, 6.45) is 3.67. The second kappa shape index (κ2) is 4.93. The van der Waals surface area contributed by atoms with Gasteiger partial charge in [-0.3, -0.25) is 4.79 Å². The highest BCUT2D eigenvalue weighted by atomic mass is 79.9. The second-order valence-corrected chi connectivity index (χ2v) is 4.73. The third kappa shape index (κ3) is 2.59. The number of amides is 1. The molecule has 0 aromatic carbocycles. The summed E-state index contributed by atoms with van der Waals surface area (Å²) < 4.78 is 0.851. The molecule has 1 aliphatic carbocycles. The maximum Gasteiger partial charge on any atom is 0.272 e. The Morgan fingerprint density at radius 1 is 1.56 bits per heavy atom. The fourth-order valence-electron chi connectivity index (χ4n) is 1.59. The number of carbonyl (C=O) groups excluding carboxylic acids is 1. The van der Waals surface area contributed by atoms with Crippen LogP contribution in [0.1, 0.15) is 23.3 Å². The molecule has 1 saturated carbocycles. The van der Waals surface area contributed by atoms with Crippen LogP contribution in [0.5, 0.6) is 0 Å². The number of rotatable bonds is 4. The van der Waals surface area contributed by atoms with Crippen LogP contribution < -0.4 is 0 Å². The molecule has 1 aromatic rings. The minimum atomic E-state index is -0.0935. The lowest BCUT2D eigenvalue weighted by molar-refractivity contribution is 0.0701. The number of hydrogen-bond donors (Lipinski definition) is 1. The van der Waals surface area contributed by atoms with Gasteiger partial charge in [-0.15, -0.1) is 0 Å². The van der Waals surface area contributed by atoms with E-state index in [1.807, 2.05) is 0 Å². The van der Waals surface area contributed by atoms with E-state index in [0.717, 1.165) is 17.3 Å². The van der Waals surface area contributed by atoms with Crippen LogP contribution in [0.3, 0.4) is 0 Å². The van der Waals surface area contributed by atoms with Crippen LogP contribution in [-0.4, -0.2) is 40.1 Å². The molecule has 1 heterocycles. The molecule has 0 spiro atoms. The lowest BCUT2D eigenvalue weighted by Crippen LogP contribution is -2.35. The molecule has 1 fully saturated rings. The number of aliphatic hydroxyl groups excluding tert-OH is 1. The van der Waals surface area contributed by atoms with Gasteiger partial charge in [0.15, 0.2) is 0 Å². The van der Waals surface area contributed by atoms with Crippen LogP contribution in [-0.2, 0) is 0 Å². The summed E-state index contributed by atoms with van der Waals surface area (Å²) in [6, 6.07) is 3.79. The normalized spacial score (nSPS) is 14.9. The Labute approximate surface area is 102 Å². The highest BCUT2D eigenvalue weighted by molar-refractivity contribution is 9.10. The van der Waals surface area contributed by atoms with E-state index < -0.39 is 0 Å². The first kappa shape index (κ1) is 11.5. The van der Waals surface area contributed by atoms with Crippen molar-refractivity contribution in [1.29, 1.82) is 0 Å². The van der Waals surface area contributed by atoms with Gasteiger partial charge >= 0.3 is 0 Å². The highest BCUT2D eigenvalue weighted by Crippen LogP contribution is 2.27. The van der Waals surface area contributed by atoms with E-state index in [0.29, 0.717) is 18.3 Å². The van der Waals surface area contributed by atoms with Crippen molar-refractivity contribution in [1.82, 2.24) is 9.88 Å². The Balaban J connectivity index is 2.12. The van der Waals surface area contributed by atoms with Gasteiger partial charge in [-0.1, -0.05) is 0 Å². The Hall–Kier alpha value is -0.940. The monoisotopic (exact) mass is 284 g/mol. The van der Waals surface area contributed by atoms with Gasteiger partial charge in [0.1, 0.15) is 5.69 Å². The number of pyridine rings is 1. The first-order valence-electron chi connectivity index (χ1n) is 5.26. The molecule has 0 saturated heterocycles. The zero-order valence-electron chi connectivity index (χ0n) is 8.77. The molecular weight excluding hydrogens is 272 g/mol. The predicted octanol–water partition coefficient (Wildman–Crippen LogP) is 1.44. The lowest BCUT2D eigenvalue weighted by Gasteiger charge is -2.20. The number of nitrogens with zero attached hydrogens (tertiary/aromatic N) is 2. The average Bonchev–Trinajstić information content (AvgIpc) is 3.10. The van der Waals surface area contributed by atoms with Crippen molar-refractivity contribution >= 4 is 21.8 Å². The maximum atomic E-state index is 12.1. The van der Waals surface area contributed by atoms with Gasteiger partial charge < -0.3 is 10.0 Å². The van der Waals surface area contributed by atoms with E-state index in [1.54, 1.807) is 23.2 Å². The van der Waals surface area contributed by atoms with Crippen molar-refractivity contribution < 1.29 is 9.90 Å². The number of carbonyl (C=O) groups is 1. The quantitative estimate of drug-likeness (QED) is 0.910. The fourth-order valence-corrected chi connectivity index (χ4v) is 1.83. The molecule has 0 unspecified atom stereocenters. The first-order chi connectivity index (χ1) is 7.72. The van der Waals surface area contributed by atoms with E-state index in [2.05, 4.69) is 20.9 Å². The van der Waals surface area contributed by atoms with Gasteiger partial charge in [0, 0.05) is 23.3 Å². The Kier molecular flexibility index (Phi) is 3.56. The lowest BCUT2D eigenvalue weighted by atomic mass is 10.3. The van der Waals surface area contributed by atoms with Crippen molar-refractivity contribution in [3.63, 3.8) is 0 Å². The third-order valence-corrected chi connectivity index (χ3v) is 3.01. The van der Waals surface area contributed by atoms with E-state index >= 15 is 0 Å². The Morgan fingerprint density at radius 3 is 2.81 bits per heavy atom. The summed E-state index contributed by atoms with van der Waals surface area (Å²) in [4.78, 5) is 17.8. The van der Waals surface area contributed by atoms with Gasteiger partial charge in [-0.05, 0) is 40.9 Å². The number of aromatic nitrogens is 1. The second-order valence-electron chi connectivity index (χ2n) is 3.81. The highest BCUT2D eigenvalue weighted by Gasteiger charge is 2.32. The van der Waals surface area contributed by atoms with Crippen LogP contribution in [0, 0.1) is 0 Å². The van der Waals surface area contributed by atoms with Gasteiger partial charge in [0.25, 0.3) is 5.91 Å². The summed E-state index contributed by atoms with van der Waals surface area (Å²) in [7, 11) is 0. The van der Waals surface area contributed by atoms with E-state index in [9.17, 15) is 4.79 Å². The van der Waals surface area contributed by atoms with Crippen LogP contribution in [0.4, 0.5) is 0 Å². The first-order valence-corrected chi connectivity index (χ1v) is 6.05. The van der Waals surface area contributed by atoms with E-state index in [1.165, 1.54) is 0 Å². The molecule has 1 aromatic heterocycles. The number of halogens is 1. The summed E-state index contributed by atoms with van der Waals surface area (Å²) in [5.41, 5.74) is 0.434. The van der Waals surface area contributed by atoms with E-state index in [4.69, 9.17) is 5.11 Å². The zero-order valence-corrected chi connectivity index (χ0v) is 10.4. The van der Waals surface area contributed by atoms with Crippen molar-refractivity contribution in [3.8, 4) is 0 Å². The van der Waals surface area contributed by atoms with E-state index in [-0.39, 0.29) is 12.5 Å². The molecule has 86 valence electrons. The molecule has 1 aliphatic rings.